The van der Waals surface area contributed by atoms with Gasteiger partial charge in [-0.3, -0.25) is 10.1 Å². The normalized spacial score (nSPS) is 23.0. The Hall–Kier alpha value is -1.20. The Morgan fingerprint density at radius 3 is 2.31 bits per heavy atom. The number of rotatable bonds is 13. The van der Waals surface area contributed by atoms with Crippen molar-refractivity contribution < 1.29 is 14.4 Å². The molecule has 1 aliphatic rings. The van der Waals surface area contributed by atoms with Gasteiger partial charge in [-0.2, -0.15) is 0 Å². The molecule has 0 aliphatic carbocycles. The second-order valence-electron chi connectivity index (χ2n) is 7.53. The first-order valence-corrected chi connectivity index (χ1v) is 10.2. The third-order valence-electron chi connectivity index (χ3n) is 4.64. The first kappa shape index (κ1) is 22.8. The summed E-state index contributed by atoms with van der Waals surface area (Å²) in [6.45, 7) is 5.92. The molecule has 5 heteroatoms. The van der Waals surface area contributed by atoms with E-state index in [9.17, 15) is 10.1 Å². The fourth-order valence-corrected chi connectivity index (χ4v) is 3.05. The Morgan fingerprint density at radius 2 is 1.62 bits per heavy atom. The lowest BCUT2D eigenvalue weighted by molar-refractivity contribution is -0.556. The van der Waals surface area contributed by atoms with Crippen molar-refractivity contribution in [1.82, 2.24) is 0 Å². The van der Waals surface area contributed by atoms with Crippen LogP contribution in [-0.4, -0.2) is 29.5 Å². The van der Waals surface area contributed by atoms with Crippen LogP contribution in [0.4, 0.5) is 0 Å². The third kappa shape index (κ3) is 10.1. The summed E-state index contributed by atoms with van der Waals surface area (Å²) in [5.41, 5.74) is 0. The predicted octanol–water partition coefficient (Wildman–Crippen LogP) is 5.82. The minimum absolute atomic E-state index is 0.0906. The fourth-order valence-electron chi connectivity index (χ4n) is 3.05. The molecule has 0 unspecified atom stereocenters. The van der Waals surface area contributed by atoms with Crippen LogP contribution in [0.5, 0.6) is 0 Å². The maximum atomic E-state index is 11.1. The van der Waals surface area contributed by atoms with Crippen molar-refractivity contribution in [3.63, 3.8) is 0 Å². The molecule has 0 saturated carbocycles. The van der Waals surface area contributed by atoms with Crippen LogP contribution in [0, 0.1) is 10.1 Å². The van der Waals surface area contributed by atoms with Gasteiger partial charge in [-0.1, -0.05) is 69.8 Å². The molecule has 0 N–H and O–H groups in total. The maximum absolute atomic E-state index is 11.1. The number of allylic oxidation sites excluding steroid dienone is 3. The van der Waals surface area contributed by atoms with Gasteiger partial charge in [0.05, 0.1) is 0 Å². The van der Waals surface area contributed by atoms with Gasteiger partial charge in [0, 0.05) is 4.92 Å². The minimum atomic E-state index is -0.827. The van der Waals surface area contributed by atoms with Crippen LogP contribution in [0.2, 0.25) is 0 Å². The molecule has 0 radical (unpaired) electrons. The Morgan fingerprint density at radius 1 is 1.00 bits per heavy atom. The van der Waals surface area contributed by atoms with E-state index in [0.717, 1.165) is 19.3 Å². The smallest absolute Gasteiger partial charge is 0.265 e. The molecule has 0 aromatic rings. The largest absolute Gasteiger partial charge is 0.343 e. The van der Waals surface area contributed by atoms with Crippen molar-refractivity contribution in [1.29, 1.82) is 0 Å². The Balaban J connectivity index is 2.14. The van der Waals surface area contributed by atoms with E-state index >= 15 is 0 Å². The van der Waals surface area contributed by atoms with Crippen LogP contribution in [0.15, 0.2) is 24.3 Å². The molecular formula is C21H37NO4. The molecular weight excluding hydrogens is 330 g/mol. The highest BCUT2D eigenvalue weighted by Gasteiger charge is 2.41. The molecule has 1 saturated heterocycles. The lowest BCUT2D eigenvalue weighted by Crippen LogP contribution is -2.51. The molecule has 0 bridgehead atoms. The quantitative estimate of drug-likeness (QED) is 0.178. The molecule has 26 heavy (non-hydrogen) atoms. The lowest BCUT2D eigenvalue weighted by atomic mass is 10.1. The average molecular weight is 368 g/mol. The Kier molecular flexibility index (Phi) is 11.5. The number of hydrogen-bond acceptors (Lipinski definition) is 4. The molecule has 1 heterocycles. The van der Waals surface area contributed by atoms with Gasteiger partial charge in [-0.15, -0.1) is 0 Å². The molecule has 1 rings (SSSR count). The SMILES string of the molecule is CCCCCCCCC/C=C\CC/C=C/[C@H]1OC(C)(C)OC[C@H]1[N+](=O)[O-]. The number of hydrogen-bond donors (Lipinski definition) is 0. The molecule has 1 fully saturated rings. The van der Waals surface area contributed by atoms with Crippen molar-refractivity contribution in [2.75, 3.05) is 6.61 Å². The highest BCUT2D eigenvalue weighted by atomic mass is 16.7. The summed E-state index contributed by atoms with van der Waals surface area (Å²) in [4.78, 5) is 10.8. The second-order valence-corrected chi connectivity index (χ2v) is 7.53. The van der Waals surface area contributed by atoms with E-state index in [1.165, 1.54) is 44.9 Å². The van der Waals surface area contributed by atoms with Gasteiger partial charge >= 0.3 is 0 Å². The zero-order valence-corrected chi connectivity index (χ0v) is 16.8. The van der Waals surface area contributed by atoms with Gasteiger partial charge < -0.3 is 9.47 Å². The van der Waals surface area contributed by atoms with Crippen LogP contribution < -0.4 is 0 Å². The first-order chi connectivity index (χ1) is 12.5. The van der Waals surface area contributed by atoms with Crippen molar-refractivity contribution in [3.8, 4) is 0 Å². The van der Waals surface area contributed by atoms with Crippen molar-refractivity contribution in [2.45, 2.75) is 103 Å². The molecule has 2 atom stereocenters. The number of nitrogens with zero attached hydrogens (tertiary/aromatic N) is 1. The molecule has 150 valence electrons. The Bertz CT molecular complexity index is 445. The fraction of sp³-hybridized carbons (Fsp3) is 0.810. The molecule has 0 aromatic carbocycles. The lowest BCUT2D eigenvalue weighted by Gasteiger charge is -2.36. The van der Waals surface area contributed by atoms with Gasteiger partial charge in [0.2, 0.25) is 0 Å². The van der Waals surface area contributed by atoms with Crippen LogP contribution in [0.25, 0.3) is 0 Å². The zero-order valence-electron chi connectivity index (χ0n) is 16.8. The van der Waals surface area contributed by atoms with Crippen molar-refractivity contribution in [2.24, 2.45) is 0 Å². The van der Waals surface area contributed by atoms with Gasteiger partial charge in [0.1, 0.15) is 12.7 Å². The molecule has 1 aliphatic heterocycles. The molecule has 0 spiro atoms. The highest BCUT2D eigenvalue weighted by molar-refractivity contribution is 4.97. The van der Waals surface area contributed by atoms with Gasteiger partial charge in [0.25, 0.3) is 6.04 Å². The van der Waals surface area contributed by atoms with E-state index in [2.05, 4.69) is 19.1 Å². The van der Waals surface area contributed by atoms with E-state index in [4.69, 9.17) is 9.47 Å². The predicted molar refractivity (Wildman–Crippen MR) is 106 cm³/mol. The summed E-state index contributed by atoms with van der Waals surface area (Å²) in [6, 6.07) is -0.827. The van der Waals surface area contributed by atoms with E-state index in [1.54, 1.807) is 13.8 Å². The zero-order chi connectivity index (χ0) is 19.3. The van der Waals surface area contributed by atoms with Crippen molar-refractivity contribution >= 4 is 0 Å². The maximum Gasteiger partial charge on any atom is 0.265 e. The van der Waals surface area contributed by atoms with Crippen molar-refractivity contribution in [3.05, 3.63) is 34.4 Å². The minimum Gasteiger partial charge on any atom is -0.343 e. The summed E-state index contributed by atoms with van der Waals surface area (Å²) in [7, 11) is 0. The van der Waals surface area contributed by atoms with E-state index < -0.39 is 17.9 Å². The first-order valence-electron chi connectivity index (χ1n) is 10.2. The Labute approximate surface area is 159 Å². The number of unbranched alkanes of at least 4 members (excludes halogenated alkanes) is 8. The second kappa shape index (κ2) is 13.0. The van der Waals surface area contributed by atoms with Crippen LogP contribution in [0.3, 0.4) is 0 Å². The molecule has 5 nitrogen and oxygen atoms in total. The van der Waals surface area contributed by atoms with Gasteiger partial charge in [0.15, 0.2) is 5.79 Å². The van der Waals surface area contributed by atoms with Crippen LogP contribution in [-0.2, 0) is 9.47 Å². The van der Waals surface area contributed by atoms with E-state index in [0.29, 0.717) is 0 Å². The average Bonchev–Trinajstić information content (AvgIpc) is 2.58. The van der Waals surface area contributed by atoms with E-state index in [-0.39, 0.29) is 11.5 Å². The van der Waals surface area contributed by atoms with Gasteiger partial charge in [-0.05, 0) is 39.5 Å². The third-order valence-corrected chi connectivity index (χ3v) is 4.64. The standard InChI is InChI=1S/C21H37NO4/c1-4-5-6-7-8-9-10-11-12-13-14-15-16-17-20-19(22(23)24)18-25-21(2,3)26-20/h12-13,16-17,19-20H,4-11,14-15,18H2,1-3H3/b13-12-,17-16+/t19-,20-/m1/s1. The van der Waals surface area contributed by atoms with Gasteiger partial charge in [-0.25, -0.2) is 0 Å². The van der Waals surface area contributed by atoms with Crippen LogP contribution in [0.1, 0.15) is 85.0 Å². The summed E-state index contributed by atoms with van der Waals surface area (Å²) >= 11 is 0. The van der Waals surface area contributed by atoms with Crippen LogP contribution >= 0.6 is 0 Å². The summed E-state index contributed by atoms with van der Waals surface area (Å²) in [6.07, 6.45) is 20.1. The molecule has 0 aromatic heterocycles. The van der Waals surface area contributed by atoms with E-state index in [1.807, 2.05) is 12.2 Å². The monoisotopic (exact) mass is 367 g/mol. The highest BCUT2D eigenvalue weighted by Crippen LogP contribution is 2.24. The topological polar surface area (TPSA) is 61.6 Å². The molecule has 0 amide bonds. The summed E-state index contributed by atoms with van der Waals surface area (Å²) in [5, 5.41) is 11.1. The number of nitro groups is 1. The summed E-state index contributed by atoms with van der Waals surface area (Å²) in [5.74, 6) is -0.766. The number of ether oxygens (including phenoxy) is 2. The summed E-state index contributed by atoms with van der Waals surface area (Å²) < 4.78 is 11.1.